The van der Waals surface area contributed by atoms with E-state index in [1.54, 1.807) is 0 Å². The molecule has 88 valence electrons. The Morgan fingerprint density at radius 2 is 1.00 bits per heavy atom. The standard InChI is InChI=1S/C14H14Cl2Ge/c15-11-17(12-16,13-7-3-1-4-8-13)14-9-5-2-6-10-14/h1-10H,11-12H2. The van der Waals surface area contributed by atoms with Crippen LogP contribution in [0.3, 0.4) is 0 Å². The molecule has 0 aromatic heterocycles. The van der Waals surface area contributed by atoms with Crippen molar-refractivity contribution in [1.29, 1.82) is 0 Å². The van der Waals surface area contributed by atoms with Crippen molar-refractivity contribution in [3.05, 3.63) is 60.7 Å². The summed E-state index contributed by atoms with van der Waals surface area (Å²) in [5, 5.41) is 0. The van der Waals surface area contributed by atoms with Crippen LogP contribution in [0.1, 0.15) is 0 Å². The summed E-state index contributed by atoms with van der Waals surface area (Å²) in [6.45, 7) is 0. The fourth-order valence-electron chi connectivity index (χ4n) is 2.03. The van der Waals surface area contributed by atoms with Gasteiger partial charge in [-0.3, -0.25) is 0 Å². The van der Waals surface area contributed by atoms with Crippen molar-refractivity contribution in [3.8, 4) is 0 Å². The van der Waals surface area contributed by atoms with E-state index in [1.807, 2.05) is 12.1 Å². The van der Waals surface area contributed by atoms with Crippen molar-refractivity contribution >= 4 is 45.3 Å². The number of benzene rings is 2. The minimum absolute atomic E-state index is 0.664. The van der Waals surface area contributed by atoms with Crippen LogP contribution in [0.25, 0.3) is 0 Å². The van der Waals surface area contributed by atoms with Gasteiger partial charge < -0.3 is 0 Å². The molecule has 0 radical (unpaired) electrons. The molecule has 0 saturated carbocycles. The van der Waals surface area contributed by atoms with Crippen LogP contribution in [0, 0.1) is 0 Å². The zero-order valence-electron chi connectivity index (χ0n) is 9.44. The van der Waals surface area contributed by atoms with E-state index in [0.29, 0.717) is 9.42 Å². The van der Waals surface area contributed by atoms with E-state index < -0.39 is 13.3 Å². The molecule has 0 bridgehead atoms. The molecule has 0 nitrogen and oxygen atoms in total. The average molecular weight is 326 g/mol. The predicted octanol–water partition coefficient (Wildman–Crippen LogP) is 2.81. The Morgan fingerprint density at radius 3 is 1.29 bits per heavy atom. The van der Waals surface area contributed by atoms with Crippen LogP contribution in [0.4, 0.5) is 0 Å². The van der Waals surface area contributed by atoms with Crippen molar-refractivity contribution in [2.45, 2.75) is 0 Å². The molecule has 0 N–H and O–H groups in total. The van der Waals surface area contributed by atoms with Crippen molar-refractivity contribution in [1.82, 2.24) is 0 Å². The summed E-state index contributed by atoms with van der Waals surface area (Å²) < 4.78 is 4.03. The third-order valence-corrected chi connectivity index (χ3v) is 15.8. The Hall–Kier alpha value is -0.437. The second kappa shape index (κ2) is 5.94. The van der Waals surface area contributed by atoms with Crippen LogP contribution < -0.4 is 8.79 Å². The average Bonchev–Trinajstić information content (AvgIpc) is 2.43. The second-order valence-electron chi connectivity index (χ2n) is 4.08. The molecule has 0 unspecified atom stereocenters. The topological polar surface area (TPSA) is 0 Å². The summed E-state index contributed by atoms with van der Waals surface area (Å²) in [5.74, 6) is 0. The molecule has 0 atom stereocenters. The summed E-state index contributed by atoms with van der Waals surface area (Å²) in [5.41, 5.74) is 0. The molecule has 17 heavy (non-hydrogen) atoms. The van der Waals surface area contributed by atoms with E-state index in [1.165, 1.54) is 8.79 Å². The van der Waals surface area contributed by atoms with Crippen molar-refractivity contribution in [2.75, 3.05) is 9.42 Å². The molecule has 0 fully saturated rings. The van der Waals surface area contributed by atoms with Gasteiger partial charge in [-0.2, -0.15) is 0 Å². The number of hydrogen-bond donors (Lipinski definition) is 0. The van der Waals surface area contributed by atoms with Gasteiger partial charge in [0.1, 0.15) is 0 Å². The number of alkyl halides is 2. The van der Waals surface area contributed by atoms with Crippen LogP contribution in [0.15, 0.2) is 60.7 Å². The molecule has 0 aliphatic carbocycles. The monoisotopic (exact) mass is 326 g/mol. The molecule has 2 aromatic carbocycles. The summed E-state index contributed by atoms with van der Waals surface area (Å²) in [6.07, 6.45) is 0. The molecule has 2 aromatic rings. The Kier molecular flexibility index (Phi) is 4.55. The van der Waals surface area contributed by atoms with Crippen molar-refractivity contribution < 1.29 is 0 Å². The molecular formula is C14H14Cl2Ge. The third-order valence-electron chi connectivity index (χ3n) is 3.11. The quantitative estimate of drug-likeness (QED) is 0.599. The molecule has 0 spiro atoms. The first kappa shape index (κ1) is 13.0. The SMILES string of the molecule is Cl[CH2][Ge]([CH2]Cl)([c]1ccccc1)[c]1ccccc1. The van der Waals surface area contributed by atoms with E-state index in [0.717, 1.165) is 0 Å². The molecule has 0 saturated heterocycles. The Balaban J connectivity index is 2.54. The predicted molar refractivity (Wildman–Crippen MR) is 79.3 cm³/mol. The fraction of sp³-hybridized carbons (Fsp3) is 0.143. The van der Waals surface area contributed by atoms with Gasteiger partial charge in [-0.25, -0.2) is 0 Å². The molecular weight excluding hydrogens is 312 g/mol. The molecule has 0 amide bonds. The zero-order valence-corrected chi connectivity index (χ0v) is 13.1. The summed E-state index contributed by atoms with van der Waals surface area (Å²) in [4.78, 5) is 0. The van der Waals surface area contributed by atoms with E-state index in [9.17, 15) is 0 Å². The molecule has 2 rings (SSSR count). The summed E-state index contributed by atoms with van der Waals surface area (Å²) in [7, 11) is 0. The molecule has 0 aliphatic heterocycles. The van der Waals surface area contributed by atoms with Gasteiger partial charge >= 0.3 is 115 Å². The van der Waals surface area contributed by atoms with Gasteiger partial charge in [0, 0.05) is 0 Å². The fourth-order valence-corrected chi connectivity index (χ4v) is 12.3. The normalized spacial score (nSPS) is 11.4. The van der Waals surface area contributed by atoms with Crippen molar-refractivity contribution in [2.24, 2.45) is 0 Å². The third kappa shape index (κ3) is 2.54. The first-order valence-corrected chi connectivity index (χ1v) is 11.7. The van der Waals surface area contributed by atoms with Crippen LogP contribution in [-0.4, -0.2) is 22.7 Å². The van der Waals surface area contributed by atoms with Gasteiger partial charge in [0.15, 0.2) is 0 Å². The van der Waals surface area contributed by atoms with Crippen LogP contribution in [0.5, 0.6) is 0 Å². The van der Waals surface area contributed by atoms with Gasteiger partial charge in [0.2, 0.25) is 0 Å². The second-order valence-corrected chi connectivity index (χ2v) is 14.9. The maximum absolute atomic E-state index is 6.29. The number of halogens is 2. The van der Waals surface area contributed by atoms with E-state index in [2.05, 4.69) is 48.5 Å². The Morgan fingerprint density at radius 1 is 0.647 bits per heavy atom. The van der Waals surface area contributed by atoms with E-state index >= 15 is 0 Å². The first-order chi connectivity index (χ1) is 8.33. The van der Waals surface area contributed by atoms with Gasteiger partial charge in [-0.15, -0.1) is 0 Å². The van der Waals surface area contributed by atoms with E-state index in [-0.39, 0.29) is 0 Å². The Labute approximate surface area is 115 Å². The van der Waals surface area contributed by atoms with Crippen LogP contribution >= 0.6 is 23.2 Å². The number of hydrogen-bond acceptors (Lipinski definition) is 0. The van der Waals surface area contributed by atoms with Gasteiger partial charge in [-0.1, -0.05) is 0 Å². The summed E-state index contributed by atoms with van der Waals surface area (Å²) >= 11 is 10.0. The first-order valence-electron chi connectivity index (χ1n) is 5.56. The van der Waals surface area contributed by atoms with Gasteiger partial charge in [0.05, 0.1) is 0 Å². The van der Waals surface area contributed by atoms with E-state index in [4.69, 9.17) is 23.2 Å². The molecule has 0 heterocycles. The van der Waals surface area contributed by atoms with Crippen LogP contribution in [0.2, 0.25) is 0 Å². The Bertz CT molecular complexity index is 411. The zero-order chi connectivity index (χ0) is 12.1. The minimum atomic E-state index is -2.55. The van der Waals surface area contributed by atoms with Crippen molar-refractivity contribution in [3.63, 3.8) is 0 Å². The summed E-state index contributed by atoms with van der Waals surface area (Å²) in [6, 6.07) is 21.0. The maximum atomic E-state index is 6.29. The molecule has 3 heteroatoms. The van der Waals surface area contributed by atoms with Gasteiger partial charge in [0.25, 0.3) is 0 Å². The number of rotatable bonds is 4. The molecule has 0 aliphatic rings. The van der Waals surface area contributed by atoms with Crippen LogP contribution in [-0.2, 0) is 0 Å². The van der Waals surface area contributed by atoms with Gasteiger partial charge in [-0.05, 0) is 0 Å².